The number of rotatable bonds is 2. The molecule has 2 heterocycles. The van der Waals surface area contributed by atoms with Crippen molar-refractivity contribution in [2.45, 2.75) is 19.3 Å². The van der Waals surface area contributed by atoms with Gasteiger partial charge in [0.15, 0.2) is 0 Å². The Labute approximate surface area is 152 Å². The Kier molecular flexibility index (Phi) is 4.23. The number of carbonyl (C=O) groups is 2. The smallest absolute Gasteiger partial charge is 0.253 e. The monoisotopic (exact) mass is 352 g/mol. The topological polar surface area (TPSA) is 40.6 Å². The summed E-state index contributed by atoms with van der Waals surface area (Å²) in [6, 6.07) is 15.5. The summed E-state index contributed by atoms with van der Waals surface area (Å²) in [5, 5.41) is 0. The van der Waals surface area contributed by atoms with E-state index in [1.807, 2.05) is 35.2 Å². The third-order valence-electron chi connectivity index (χ3n) is 5.66. The Hall–Kier alpha value is -2.69. The molecule has 0 aromatic heterocycles. The fraction of sp³-hybridized carbons (Fsp3) is 0.333. The van der Waals surface area contributed by atoms with Crippen LogP contribution in [0.15, 0.2) is 54.6 Å². The maximum absolute atomic E-state index is 13.4. The number of piperidine rings is 1. The molecule has 26 heavy (non-hydrogen) atoms. The first-order valence-corrected chi connectivity index (χ1v) is 9.01. The molecule has 0 bridgehead atoms. The molecule has 2 aromatic rings. The van der Waals surface area contributed by atoms with Gasteiger partial charge in [-0.3, -0.25) is 9.59 Å². The van der Waals surface area contributed by atoms with Gasteiger partial charge in [0.2, 0.25) is 5.91 Å². The number of halogens is 1. The first-order valence-electron chi connectivity index (χ1n) is 9.01. The van der Waals surface area contributed by atoms with Gasteiger partial charge in [-0.15, -0.1) is 0 Å². The molecule has 5 heteroatoms. The first kappa shape index (κ1) is 16.8. The van der Waals surface area contributed by atoms with E-state index < -0.39 is 5.82 Å². The van der Waals surface area contributed by atoms with Crippen LogP contribution in [0.1, 0.15) is 29.6 Å². The summed E-state index contributed by atoms with van der Waals surface area (Å²) in [7, 11) is 0. The summed E-state index contributed by atoms with van der Waals surface area (Å²) in [5.74, 6) is -0.403. The van der Waals surface area contributed by atoms with Gasteiger partial charge in [-0.1, -0.05) is 24.3 Å². The van der Waals surface area contributed by atoms with Crippen molar-refractivity contribution in [1.82, 2.24) is 4.90 Å². The SMILES string of the molecule is O=C(c1cccc(F)c1)N1CCC2(CC1)CCN(c1ccccc1)C2=O. The largest absolute Gasteiger partial charge is 0.339 e. The molecule has 2 aliphatic heterocycles. The molecule has 2 saturated heterocycles. The van der Waals surface area contributed by atoms with Crippen LogP contribution < -0.4 is 4.90 Å². The molecule has 0 N–H and O–H groups in total. The summed E-state index contributed by atoms with van der Waals surface area (Å²) in [5.41, 5.74) is 0.937. The van der Waals surface area contributed by atoms with Crippen molar-refractivity contribution in [3.8, 4) is 0 Å². The first-order chi connectivity index (χ1) is 12.6. The van der Waals surface area contributed by atoms with Crippen LogP contribution in [0.2, 0.25) is 0 Å². The van der Waals surface area contributed by atoms with E-state index in [4.69, 9.17) is 0 Å². The lowest BCUT2D eigenvalue weighted by molar-refractivity contribution is -0.127. The van der Waals surface area contributed by atoms with Gasteiger partial charge in [-0.25, -0.2) is 4.39 Å². The Bertz CT molecular complexity index is 829. The van der Waals surface area contributed by atoms with E-state index in [0.717, 1.165) is 18.7 Å². The van der Waals surface area contributed by atoms with Crippen LogP contribution in [0.5, 0.6) is 0 Å². The number of hydrogen-bond acceptors (Lipinski definition) is 2. The zero-order chi connectivity index (χ0) is 18.1. The van der Waals surface area contributed by atoms with Crippen LogP contribution in [0, 0.1) is 11.2 Å². The normalized spacial score (nSPS) is 19.2. The minimum Gasteiger partial charge on any atom is -0.339 e. The van der Waals surface area contributed by atoms with E-state index in [1.165, 1.54) is 12.1 Å². The average Bonchev–Trinajstić information content (AvgIpc) is 2.99. The molecule has 134 valence electrons. The van der Waals surface area contributed by atoms with Crippen molar-refractivity contribution in [2.75, 3.05) is 24.5 Å². The maximum atomic E-state index is 13.4. The fourth-order valence-electron chi connectivity index (χ4n) is 4.08. The standard InChI is InChI=1S/C21H21FN2O2/c22-17-6-4-5-16(15-17)19(25)23-12-9-21(10-13-23)11-14-24(20(21)26)18-7-2-1-3-8-18/h1-8,15H,9-14H2. The van der Waals surface area contributed by atoms with Gasteiger partial charge in [0.25, 0.3) is 5.91 Å². The zero-order valence-corrected chi connectivity index (χ0v) is 14.5. The van der Waals surface area contributed by atoms with Crippen molar-refractivity contribution in [3.63, 3.8) is 0 Å². The second-order valence-corrected chi connectivity index (χ2v) is 7.13. The Morgan fingerprint density at radius 1 is 0.923 bits per heavy atom. The predicted molar refractivity (Wildman–Crippen MR) is 97.4 cm³/mol. The van der Waals surface area contributed by atoms with Crippen LogP contribution in [-0.2, 0) is 4.79 Å². The van der Waals surface area contributed by atoms with Crippen molar-refractivity contribution >= 4 is 17.5 Å². The molecule has 0 radical (unpaired) electrons. The molecule has 0 atom stereocenters. The van der Waals surface area contributed by atoms with Gasteiger partial charge in [0.05, 0.1) is 5.41 Å². The molecular formula is C21H21FN2O2. The number of benzene rings is 2. The number of para-hydroxylation sites is 1. The fourth-order valence-corrected chi connectivity index (χ4v) is 4.08. The lowest BCUT2D eigenvalue weighted by Gasteiger charge is -2.38. The van der Waals surface area contributed by atoms with Crippen molar-refractivity contribution < 1.29 is 14.0 Å². The van der Waals surface area contributed by atoms with Crippen molar-refractivity contribution in [2.24, 2.45) is 5.41 Å². The highest BCUT2D eigenvalue weighted by molar-refractivity contribution is 6.00. The minimum atomic E-state index is -0.409. The molecule has 2 fully saturated rings. The highest BCUT2D eigenvalue weighted by Crippen LogP contribution is 2.43. The van der Waals surface area contributed by atoms with Gasteiger partial charge in [-0.05, 0) is 49.6 Å². The van der Waals surface area contributed by atoms with E-state index in [-0.39, 0.29) is 17.2 Å². The van der Waals surface area contributed by atoms with Gasteiger partial charge in [0.1, 0.15) is 5.82 Å². The molecule has 2 aromatic carbocycles. The van der Waals surface area contributed by atoms with Crippen LogP contribution in [0.3, 0.4) is 0 Å². The van der Waals surface area contributed by atoms with E-state index >= 15 is 0 Å². The van der Waals surface area contributed by atoms with Crippen molar-refractivity contribution in [1.29, 1.82) is 0 Å². The zero-order valence-electron chi connectivity index (χ0n) is 14.5. The molecule has 0 unspecified atom stereocenters. The number of anilines is 1. The Morgan fingerprint density at radius 2 is 1.62 bits per heavy atom. The summed E-state index contributed by atoms with van der Waals surface area (Å²) in [4.78, 5) is 29.2. The lowest BCUT2D eigenvalue weighted by Crippen LogP contribution is -2.46. The number of carbonyl (C=O) groups excluding carboxylic acids is 2. The molecule has 2 amide bonds. The second-order valence-electron chi connectivity index (χ2n) is 7.13. The van der Waals surface area contributed by atoms with E-state index in [0.29, 0.717) is 31.5 Å². The maximum Gasteiger partial charge on any atom is 0.253 e. The molecule has 4 rings (SSSR count). The highest BCUT2D eigenvalue weighted by atomic mass is 19.1. The molecule has 2 aliphatic rings. The predicted octanol–water partition coefficient (Wildman–Crippen LogP) is 3.49. The molecule has 4 nitrogen and oxygen atoms in total. The number of hydrogen-bond donors (Lipinski definition) is 0. The highest BCUT2D eigenvalue weighted by Gasteiger charge is 2.48. The molecule has 0 aliphatic carbocycles. The summed E-state index contributed by atoms with van der Waals surface area (Å²) < 4.78 is 13.4. The lowest BCUT2D eigenvalue weighted by atomic mass is 9.77. The Morgan fingerprint density at radius 3 is 2.31 bits per heavy atom. The third kappa shape index (κ3) is 2.87. The molecular weight excluding hydrogens is 331 g/mol. The van der Waals surface area contributed by atoms with E-state index in [9.17, 15) is 14.0 Å². The van der Waals surface area contributed by atoms with Gasteiger partial charge in [-0.2, -0.15) is 0 Å². The quantitative estimate of drug-likeness (QED) is 0.830. The van der Waals surface area contributed by atoms with Crippen molar-refractivity contribution in [3.05, 3.63) is 66.0 Å². The van der Waals surface area contributed by atoms with Crippen LogP contribution >= 0.6 is 0 Å². The van der Waals surface area contributed by atoms with Gasteiger partial charge >= 0.3 is 0 Å². The molecule has 1 spiro atoms. The minimum absolute atomic E-state index is 0.162. The van der Waals surface area contributed by atoms with E-state index in [1.54, 1.807) is 17.0 Å². The summed E-state index contributed by atoms with van der Waals surface area (Å²) in [6.45, 7) is 1.79. The van der Waals surface area contributed by atoms with Crippen LogP contribution in [0.4, 0.5) is 10.1 Å². The Balaban J connectivity index is 1.45. The number of amides is 2. The van der Waals surface area contributed by atoms with Gasteiger partial charge in [0, 0.05) is 30.9 Å². The summed E-state index contributed by atoms with van der Waals surface area (Å²) in [6.07, 6.45) is 2.15. The number of likely N-dealkylation sites (tertiary alicyclic amines) is 1. The average molecular weight is 352 g/mol. The van der Waals surface area contributed by atoms with E-state index in [2.05, 4.69) is 0 Å². The van der Waals surface area contributed by atoms with Crippen LogP contribution in [-0.4, -0.2) is 36.3 Å². The molecule has 0 saturated carbocycles. The van der Waals surface area contributed by atoms with Gasteiger partial charge < -0.3 is 9.80 Å². The second kappa shape index (κ2) is 6.56. The third-order valence-corrected chi connectivity index (χ3v) is 5.66. The summed E-state index contributed by atoms with van der Waals surface area (Å²) >= 11 is 0. The number of nitrogens with zero attached hydrogens (tertiary/aromatic N) is 2. The van der Waals surface area contributed by atoms with Crippen LogP contribution in [0.25, 0.3) is 0 Å².